The number of nitrogens with zero attached hydrogens (tertiary/aromatic N) is 5. The van der Waals surface area contributed by atoms with E-state index in [1.165, 1.54) is 0 Å². The first-order valence-corrected chi connectivity index (χ1v) is 7.42. The van der Waals surface area contributed by atoms with Crippen molar-refractivity contribution in [2.45, 2.75) is 40.5 Å². The molecule has 2 aromatic rings. The fourth-order valence-electron chi connectivity index (χ4n) is 1.94. The number of hydrogen-bond donors (Lipinski definition) is 1. The van der Waals surface area contributed by atoms with Crippen LogP contribution < -0.4 is 10.1 Å². The SMILES string of the molecule is CCNc1nc(OCC)nc(-n2nc(CC)cc2CC)n1. The third-order valence-electron chi connectivity index (χ3n) is 2.96. The smallest absolute Gasteiger partial charge is 0.323 e. The van der Waals surface area contributed by atoms with E-state index >= 15 is 0 Å². The standard InChI is InChI=1S/C14H22N6O/c1-5-10-9-11(6-2)20(19-10)13-16-12(15-7-3)17-14(18-13)21-8-4/h9H,5-8H2,1-4H3,(H,15,16,17,18). The van der Waals surface area contributed by atoms with Crippen LogP contribution in [-0.4, -0.2) is 37.9 Å². The fraction of sp³-hybridized carbons (Fsp3) is 0.571. The lowest BCUT2D eigenvalue weighted by Gasteiger charge is -2.09. The fourth-order valence-corrected chi connectivity index (χ4v) is 1.94. The third kappa shape index (κ3) is 3.48. The molecule has 0 aliphatic carbocycles. The molecular weight excluding hydrogens is 268 g/mol. The molecule has 1 N–H and O–H groups in total. The second kappa shape index (κ2) is 7.01. The number of rotatable bonds is 7. The third-order valence-corrected chi connectivity index (χ3v) is 2.96. The Hall–Kier alpha value is -2.18. The largest absolute Gasteiger partial charge is 0.464 e. The van der Waals surface area contributed by atoms with Crippen molar-refractivity contribution >= 4 is 5.95 Å². The van der Waals surface area contributed by atoms with E-state index in [1.807, 2.05) is 13.8 Å². The van der Waals surface area contributed by atoms with Crippen LogP contribution >= 0.6 is 0 Å². The molecule has 0 bridgehead atoms. The van der Waals surface area contributed by atoms with Gasteiger partial charge in [0.1, 0.15) is 0 Å². The molecule has 2 heterocycles. The molecule has 0 aliphatic heterocycles. The molecule has 21 heavy (non-hydrogen) atoms. The summed E-state index contributed by atoms with van der Waals surface area (Å²) in [5.74, 6) is 0.988. The molecule has 0 unspecified atom stereocenters. The van der Waals surface area contributed by atoms with Crippen LogP contribution in [0.5, 0.6) is 6.01 Å². The highest BCUT2D eigenvalue weighted by Gasteiger charge is 2.13. The first kappa shape index (κ1) is 15.2. The topological polar surface area (TPSA) is 77.8 Å². The van der Waals surface area contributed by atoms with Gasteiger partial charge < -0.3 is 10.1 Å². The molecule has 0 aliphatic rings. The van der Waals surface area contributed by atoms with Crippen molar-refractivity contribution in [2.24, 2.45) is 0 Å². The van der Waals surface area contributed by atoms with Gasteiger partial charge in [-0.2, -0.15) is 20.1 Å². The number of aromatic nitrogens is 5. The van der Waals surface area contributed by atoms with Crippen LogP contribution in [0.2, 0.25) is 0 Å². The Bertz CT molecular complexity index is 571. The van der Waals surface area contributed by atoms with Crippen LogP contribution in [0.25, 0.3) is 5.95 Å². The molecule has 0 fully saturated rings. The molecule has 0 saturated carbocycles. The van der Waals surface area contributed by atoms with Crippen LogP contribution in [-0.2, 0) is 12.8 Å². The van der Waals surface area contributed by atoms with Crippen molar-refractivity contribution in [1.29, 1.82) is 0 Å². The average molecular weight is 290 g/mol. The molecule has 0 saturated heterocycles. The van der Waals surface area contributed by atoms with Gasteiger partial charge in [0.25, 0.3) is 5.95 Å². The molecule has 2 aromatic heterocycles. The molecule has 114 valence electrons. The number of hydrogen-bond acceptors (Lipinski definition) is 6. The lowest BCUT2D eigenvalue weighted by atomic mass is 10.3. The van der Waals surface area contributed by atoms with E-state index in [2.05, 4.69) is 45.3 Å². The highest BCUT2D eigenvalue weighted by Crippen LogP contribution is 2.15. The van der Waals surface area contributed by atoms with Gasteiger partial charge in [0.05, 0.1) is 12.3 Å². The van der Waals surface area contributed by atoms with Gasteiger partial charge in [-0.05, 0) is 32.8 Å². The Kier molecular flexibility index (Phi) is 5.08. The summed E-state index contributed by atoms with van der Waals surface area (Å²) in [5.41, 5.74) is 2.10. The first-order chi connectivity index (χ1) is 10.2. The van der Waals surface area contributed by atoms with E-state index in [0.29, 0.717) is 24.5 Å². The zero-order valence-corrected chi connectivity index (χ0v) is 13.1. The summed E-state index contributed by atoms with van der Waals surface area (Å²) in [7, 11) is 0. The van der Waals surface area contributed by atoms with Crippen molar-refractivity contribution < 1.29 is 4.74 Å². The summed E-state index contributed by atoms with van der Waals surface area (Å²) in [5, 5.41) is 7.64. The summed E-state index contributed by atoms with van der Waals surface area (Å²) >= 11 is 0. The van der Waals surface area contributed by atoms with Crippen LogP contribution in [0, 0.1) is 0 Å². The van der Waals surface area contributed by atoms with Crippen LogP contribution in [0.4, 0.5) is 5.95 Å². The maximum atomic E-state index is 5.42. The number of nitrogens with one attached hydrogen (secondary N) is 1. The van der Waals surface area contributed by atoms with Crippen molar-refractivity contribution in [3.8, 4) is 12.0 Å². The Morgan fingerprint density at radius 2 is 1.90 bits per heavy atom. The van der Waals surface area contributed by atoms with Gasteiger partial charge in [0, 0.05) is 12.2 Å². The molecular formula is C14H22N6O. The lowest BCUT2D eigenvalue weighted by Crippen LogP contribution is -2.13. The second-order valence-electron chi connectivity index (χ2n) is 4.45. The molecule has 7 heteroatoms. The number of ether oxygens (including phenoxy) is 1. The quantitative estimate of drug-likeness (QED) is 0.840. The van der Waals surface area contributed by atoms with Crippen molar-refractivity contribution in [1.82, 2.24) is 24.7 Å². The molecule has 0 spiro atoms. The van der Waals surface area contributed by atoms with Crippen LogP contribution in [0.15, 0.2) is 6.07 Å². The Morgan fingerprint density at radius 1 is 1.10 bits per heavy atom. The average Bonchev–Trinajstić information content (AvgIpc) is 2.91. The van der Waals surface area contributed by atoms with Crippen LogP contribution in [0.1, 0.15) is 39.1 Å². The maximum Gasteiger partial charge on any atom is 0.323 e. The zero-order valence-electron chi connectivity index (χ0n) is 13.1. The van der Waals surface area contributed by atoms with Gasteiger partial charge in [0.15, 0.2) is 0 Å². The molecule has 0 atom stereocenters. The monoisotopic (exact) mass is 290 g/mol. The first-order valence-electron chi connectivity index (χ1n) is 7.42. The summed E-state index contributed by atoms with van der Waals surface area (Å²) < 4.78 is 7.19. The van der Waals surface area contributed by atoms with Gasteiger partial charge in [-0.3, -0.25) is 0 Å². The van der Waals surface area contributed by atoms with Crippen LogP contribution in [0.3, 0.4) is 0 Å². The lowest BCUT2D eigenvalue weighted by molar-refractivity contribution is 0.311. The maximum absolute atomic E-state index is 5.42. The van der Waals surface area contributed by atoms with Crippen molar-refractivity contribution in [3.05, 3.63) is 17.5 Å². The Balaban J connectivity index is 2.48. The molecule has 0 amide bonds. The minimum Gasteiger partial charge on any atom is -0.464 e. The van der Waals surface area contributed by atoms with Gasteiger partial charge in [0.2, 0.25) is 5.95 Å². The van der Waals surface area contributed by atoms with E-state index in [1.54, 1.807) is 4.68 Å². The Morgan fingerprint density at radius 3 is 2.52 bits per heavy atom. The molecule has 2 rings (SSSR count). The highest BCUT2D eigenvalue weighted by molar-refractivity contribution is 5.31. The van der Waals surface area contributed by atoms with Crippen molar-refractivity contribution in [3.63, 3.8) is 0 Å². The van der Waals surface area contributed by atoms with Gasteiger partial charge in [-0.25, -0.2) is 4.68 Å². The van der Waals surface area contributed by atoms with E-state index < -0.39 is 0 Å². The van der Waals surface area contributed by atoms with E-state index in [0.717, 1.165) is 30.8 Å². The predicted molar refractivity (Wildman–Crippen MR) is 81.0 cm³/mol. The predicted octanol–water partition coefficient (Wildman–Crippen LogP) is 2.01. The minimum atomic E-state index is 0.314. The molecule has 7 nitrogen and oxygen atoms in total. The number of anilines is 1. The highest BCUT2D eigenvalue weighted by atomic mass is 16.5. The van der Waals surface area contributed by atoms with E-state index in [-0.39, 0.29) is 0 Å². The van der Waals surface area contributed by atoms with Gasteiger partial charge >= 0.3 is 6.01 Å². The minimum absolute atomic E-state index is 0.314. The Labute approximate surface area is 124 Å². The van der Waals surface area contributed by atoms with E-state index in [9.17, 15) is 0 Å². The normalized spacial score (nSPS) is 10.7. The number of aryl methyl sites for hydroxylation is 2. The summed E-state index contributed by atoms with van der Waals surface area (Å²) in [6.07, 6.45) is 1.74. The van der Waals surface area contributed by atoms with E-state index in [4.69, 9.17) is 4.74 Å². The molecule has 0 aromatic carbocycles. The summed E-state index contributed by atoms with van der Waals surface area (Å²) in [6.45, 7) is 9.29. The molecule has 0 radical (unpaired) electrons. The second-order valence-corrected chi connectivity index (χ2v) is 4.45. The summed E-state index contributed by atoms with van der Waals surface area (Å²) in [6, 6.07) is 2.39. The van der Waals surface area contributed by atoms with Gasteiger partial charge in [-0.1, -0.05) is 13.8 Å². The van der Waals surface area contributed by atoms with Crippen molar-refractivity contribution in [2.75, 3.05) is 18.5 Å². The van der Waals surface area contributed by atoms with Gasteiger partial charge in [-0.15, -0.1) is 0 Å². The zero-order chi connectivity index (χ0) is 15.2. The summed E-state index contributed by atoms with van der Waals surface area (Å²) in [4.78, 5) is 13.0.